The van der Waals surface area contributed by atoms with Crippen molar-refractivity contribution in [2.75, 3.05) is 32.8 Å². The first kappa shape index (κ1) is 19.5. The third-order valence-corrected chi connectivity index (χ3v) is 5.08. The lowest BCUT2D eigenvalue weighted by Gasteiger charge is -2.21. The van der Waals surface area contributed by atoms with Crippen molar-refractivity contribution in [3.63, 3.8) is 0 Å². The van der Waals surface area contributed by atoms with E-state index in [0.717, 1.165) is 50.9 Å². The van der Waals surface area contributed by atoms with Crippen molar-refractivity contribution in [3.8, 4) is 5.75 Å². The maximum atomic E-state index is 12.4. The first-order valence-corrected chi connectivity index (χ1v) is 8.64. The van der Waals surface area contributed by atoms with E-state index in [4.69, 9.17) is 10.5 Å². The van der Waals surface area contributed by atoms with Crippen LogP contribution < -0.4 is 15.8 Å². The van der Waals surface area contributed by atoms with Gasteiger partial charge < -0.3 is 20.7 Å². The normalized spacial score (nSPS) is 22.5. The van der Waals surface area contributed by atoms with Gasteiger partial charge in [-0.25, -0.2) is 0 Å². The van der Waals surface area contributed by atoms with E-state index in [1.807, 2.05) is 4.90 Å². The van der Waals surface area contributed by atoms with Crippen LogP contribution >= 0.6 is 12.4 Å². The van der Waals surface area contributed by atoms with Gasteiger partial charge >= 0.3 is 0 Å². The van der Waals surface area contributed by atoms with Crippen LogP contribution in [0.4, 0.5) is 0 Å². The maximum Gasteiger partial charge on any atom is 0.248 e. The van der Waals surface area contributed by atoms with Crippen molar-refractivity contribution in [1.29, 1.82) is 0 Å². The first-order valence-electron chi connectivity index (χ1n) is 8.64. The number of amides is 2. The van der Waals surface area contributed by atoms with Crippen LogP contribution in [0, 0.1) is 11.8 Å². The number of nitrogens with one attached hydrogen (secondary N) is 1. The Bertz CT molecular complexity index is 597. The van der Waals surface area contributed by atoms with Crippen molar-refractivity contribution in [2.45, 2.75) is 19.3 Å². The van der Waals surface area contributed by atoms with Gasteiger partial charge in [0.2, 0.25) is 11.8 Å². The minimum Gasteiger partial charge on any atom is -0.493 e. The molecule has 0 unspecified atom stereocenters. The number of nitrogens with two attached hydrogens (primary N) is 1. The average molecular weight is 368 g/mol. The highest BCUT2D eigenvalue weighted by atomic mass is 35.5. The molecule has 7 heteroatoms. The van der Waals surface area contributed by atoms with Gasteiger partial charge in [0.05, 0.1) is 13.0 Å². The van der Waals surface area contributed by atoms with E-state index in [9.17, 15) is 9.59 Å². The zero-order chi connectivity index (χ0) is 16.9. The smallest absolute Gasteiger partial charge is 0.248 e. The summed E-state index contributed by atoms with van der Waals surface area (Å²) in [5, 5.41) is 3.44. The molecule has 1 aromatic rings. The molecule has 1 aromatic carbocycles. The second-order valence-electron chi connectivity index (χ2n) is 6.63. The third-order valence-electron chi connectivity index (χ3n) is 5.08. The number of benzene rings is 1. The van der Waals surface area contributed by atoms with Crippen LogP contribution in [0.15, 0.2) is 24.3 Å². The molecule has 25 heavy (non-hydrogen) atoms. The molecule has 3 N–H and O–H groups in total. The predicted molar refractivity (Wildman–Crippen MR) is 98.0 cm³/mol. The zero-order valence-corrected chi connectivity index (χ0v) is 15.1. The Morgan fingerprint density at radius 3 is 2.52 bits per heavy atom. The van der Waals surface area contributed by atoms with Crippen LogP contribution in [-0.4, -0.2) is 49.5 Å². The Hall–Kier alpha value is -1.79. The van der Waals surface area contributed by atoms with Gasteiger partial charge in [0, 0.05) is 18.7 Å². The van der Waals surface area contributed by atoms with E-state index in [2.05, 4.69) is 5.32 Å². The minimum atomic E-state index is -0.485. The number of hydrogen-bond donors (Lipinski definition) is 2. The molecule has 3 rings (SSSR count). The molecule has 6 nitrogen and oxygen atoms in total. The quantitative estimate of drug-likeness (QED) is 0.824. The second-order valence-corrected chi connectivity index (χ2v) is 6.63. The van der Waals surface area contributed by atoms with E-state index in [1.165, 1.54) is 0 Å². The zero-order valence-electron chi connectivity index (χ0n) is 14.3. The molecule has 0 spiro atoms. The monoisotopic (exact) mass is 367 g/mol. The van der Waals surface area contributed by atoms with Gasteiger partial charge in [-0.05, 0) is 56.0 Å². The maximum absolute atomic E-state index is 12.4. The molecule has 2 amide bonds. The number of nitrogens with zero attached hydrogens (tertiary/aromatic N) is 1. The van der Waals surface area contributed by atoms with Gasteiger partial charge in [-0.2, -0.15) is 0 Å². The molecule has 138 valence electrons. The van der Waals surface area contributed by atoms with Gasteiger partial charge in [-0.3, -0.25) is 9.59 Å². The second kappa shape index (κ2) is 9.06. The third kappa shape index (κ3) is 5.09. The summed E-state index contributed by atoms with van der Waals surface area (Å²) >= 11 is 0. The SMILES string of the molecule is Cl.NC(=O)c1cccc(OCCC(=O)N2CC[C@@H]3CNC[C@@H]3CC2)c1. The molecular weight excluding hydrogens is 342 g/mol. The van der Waals surface area contributed by atoms with Crippen molar-refractivity contribution in [2.24, 2.45) is 17.6 Å². The van der Waals surface area contributed by atoms with Crippen molar-refractivity contribution in [3.05, 3.63) is 29.8 Å². The summed E-state index contributed by atoms with van der Waals surface area (Å²) in [6.45, 7) is 4.18. The number of rotatable bonds is 5. The minimum absolute atomic E-state index is 0. The molecule has 2 aliphatic heterocycles. The Kier molecular flexibility index (Phi) is 7.08. The fourth-order valence-electron chi connectivity index (χ4n) is 3.62. The fraction of sp³-hybridized carbons (Fsp3) is 0.556. The lowest BCUT2D eigenvalue weighted by atomic mass is 9.92. The van der Waals surface area contributed by atoms with Gasteiger partial charge in [0.1, 0.15) is 5.75 Å². The number of hydrogen-bond acceptors (Lipinski definition) is 4. The van der Waals surface area contributed by atoms with E-state index < -0.39 is 5.91 Å². The Balaban J connectivity index is 0.00000225. The number of halogens is 1. The molecule has 0 bridgehead atoms. The summed E-state index contributed by atoms with van der Waals surface area (Å²) in [6, 6.07) is 6.73. The van der Waals surface area contributed by atoms with E-state index in [1.54, 1.807) is 24.3 Å². The van der Waals surface area contributed by atoms with Crippen LogP contribution in [0.2, 0.25) is 0 Å². The highest BCUT2D eigenvalue weighted by molar-refractivity contribution is 5.93. The summed E-state index contributed by atoms with van der Waals surface area (Å²) in [5.74, 6) is 1.66. The van der Waals surface area contributed by atoms with Crippen molar-refractivity contribution in [1.82, 2.24) is 10.2 Å². The van der Waals surface area contributed by atoms with Gasteiger partial charge in [0.15, 0.2) is 0 Å². The van der Waals surface area contributed by atoms with Crippen molar-refractivity contribution >= 4 is 24.2 Å². The van der Waals surface area contributed by atoms with E-state index in [-0.39, 0.29) is 18.3 Å². The summed E-state index contributed by atoms with van der Waals surface area (Å²) in [4.78, 5) is 25.5. The molecule has 2 atom stereocenters. The molecule has 0 radical (unpaired) electrons. The van der Waals surface area contributed by atoms with Crippen LogP contribution in [0.3, 0.4) is 0 Å². The van der Waals surface area contributed by atoms with Gasteiger partial charge in [0.25, 0.3) is 0 Å². The predicted octanol–water partition coefficient (Wildman–Crippen LogP) is 1.43. The fourth-order valence-corrected chi connectivity index (χ4v) is 3.62. The van der Waals surface area contributed by atoms with E-state index in [0.29, 0.717) is 24.3 Å². The molecule has 2 aliphatic rings. The first-order chi connectivity index (χ1) is 11.6. The van der Waals surface area contributed by atoms with Gasteiger partial charge in [-0.1, -0.05) is 6.07 Å². The van der Waals surface area contributed by atoms with Crippen LogP contribution in [0.1, 0.15) is 29.6 Å². The highest BCUT2D eigenvalue weighted by Crippen LogP contribution is 2.27. The summed E-state index contributed by atoms with van der Waals surface area (Å²) in [7, 11) is 0. The molecule has 2 fully saturated rings. The Morgan fingerprint density at radius 1 is 1.20 bits per heavy atom. The highest BCUT2D eigenvalue weighted by Gasteiger charge is 2.31. The van der Waals surface area contributed by atoms with Crippen LogP contribution in [0.5, 0.6) is 5.75 Å². The number of primary amides is 1. The average Bonchev–Trinajstić information content (AvgIpc) is 2.93. The molecular formula is C18H26ClN3O3. The standard InChI is InChI=1S/C18H25N3O3.ClH/c19-18(23)13-2-1-3-16(10-13)24-9-6-17(22)21-7-4-14-11-20-12-15(14)5-8-21;/h1-3,10,14-15,20H,4-9,11-12H2,(H2,19,23);1H/t14-,15+;. The number of fused-ring (bicyclic) bond motifs is 1. The summed E-state index contributed by atoms with van der Waals surface area (Å²) < 4.78 is 5.60. The van der Waals surface area contributed by atoms with E-state index >= 15 is 0 Å². The molecule has 2 saturated heterocycles. The molecule has 0 aliphatic carbocycles. The van der Waals surface area contributed by atoms with Crippen LogP contribution in [0.25, 0.3) is 0 Å². The molecule has 2 heterocycles. The topological polar surface area (TPSA) is 84.7 Å². The number of carbonyl (C=O) groups is 2. The number of likely N-dealkylation sites (tertiary alicyclic amines) is 1. The lowest BCUT2D eigenvalue weighted by Crippen LogP contribution is -2.33. The summed E-state index contributed by atoms with van der Waals surface area (Å²) in [5.41, 5.74) is 5.66. The molecule has 0 aromatic heterocycles. The largest absolute Gasteiger partial charge is 0.493 e. The lowest BCUT2D eigenvalue weighted by molar-refractivity contribution is -0.131. The number of ether oxygens (including phenoxy) is 1. The number of carbonyl (C=O) groups excluding carboxylic acids is 2. The Labute approximate surface area is 154 Å². The van der Waals surface area contributed by atoms with Gasteiger partial charge in [-0.15, -0.1) is 12.4 Å². The van der Waals surface area contributed by atoms with Crippen molar-refractivity contribution < 1.29 is 14.3 Å². The molecule has 0 saturated carbocycles. The summed E-state index contributed by atoms with van der Waals surface area (Å²) in [6.07, 6.45) is 2.53. The van der Waals surface area contributed by atoms with Crippen LogP contribution in [-0.2, 0) is 4.79 Å². The Morgan fingerprint density at radius 2 is 1.88 bits per heavy atom.